The molecule has 0 radical (unpaired) electrons. The van der Waals surface area contributed by atoms with E-state index in [0.717, 1.165) is 10.6 Å². The van der Waals surface area contributed by atoms with E-state index in [1.807, 2.05) is 22.6 Å². The van der Waals surface area contributed by atoms with Gasteiger partial charge in [-0.05, 0) is 40.8 Å². The van der Waals surface area contributed by atoms with Gasteiger partial charge in [0.2, 0.25) is 0 Å². The Labute approximate surface area is 143 Å². The second kappa shape index (κ2) is 6.11. The summed E-state index contributed by atoms with van der Waals surface area (Å²) in [4.78, 5) is 11.1. The van der Waals surface area contributed by atoms with Crippen LogP contribution in [0, 0.1) is 3.57 Å². The molecule has 0 saturated heterocycles. The molecule has 0 aliphatic heterocycles. The fourth-order valence-electron chi connectivity index (χ4n) is 1.98. The van der Waals surface area contributed by atoms with Gasteiger partial charge < -0.3 is 9.30 Å². The summed E-state index contributed by atoms with van der Waals surface area (Å²) < 4.78 is 45.3. The molecule has 3 nitrogen and oxygen atoms in total. The summed E-state index contributed by atoms with van der Waals surface area (Å²) in [5, 5.41) is 0.218. The van der Waals surface area contributed by atoms with Crippen LogP contribution in [0.5, 0.6) is 5.75 Å². The monoisotopic (exact) mass is 443 g/mol. The molecule has 0 aliphatic carbocycles. The highest BCUT2D eigenvalue weighted by atomic mass is 127. The molecule has 1 aromatic heterocycles. The Morgan fingerprint density at radius 3 is 2.45 bits per heavy atom. The van der Waals surface area contributed by atoms with Crippen LogP contribution in [0.25, 0.3) is 11.1 Å². The number of benzene rings is 1. The Morgan fingerprint density at radius 2 is 1.95 bits per heavy atom. The first-order valence-electron chi connectivity index (χ1n) is 6.01. The topological polar surface area (TPSA) is 31.2 Å². The number of hydrogen-bond acceptors (Lipinski definition) is 2. The maximum atomic E-state index is 12.9. The van der Waals surface area contributed by atoms with Crippen LogP contribution in [0.4, 0.5) is 13.2 Å². The molecule has 0 aliphatic rings. The highest BCUT2D eigenvalue weighted by Gasteiger charge is 2.34. The van der Waals surface area contributed by atoms with E-state index in [4.69, 9.17) is 16.3 Å². The first-order chi connectivity index (χ1) is 10.1. The standard InChI is InChI=1S/C14H10ClF3INO2/c1-7(21)22-12-4-9(11(19)5-10(12)15)8-3-13(14(16,17)18)20(2)6-8/h3-6H,1-2H3. The van der Waals surface area contributed by atoms with Gasteiger partial charge in [0.1, 0.15) is 11.4 Å². The number of carbonyl (C=O) groups excluding carboxylic acids is 1. The van der Waals surface area contributed by atoms with Gasteiger partial charge in [-0.1, -0.05) is 11.6 Å². The lowest BCUT2D eigenvalue weighted by Crippen LogP contribution is -2.09. The van der Waals surface area contributed by atoms with E-state index < -0.39 is 17.8 Å². The number of aromatic nitrogens is 1. The first kappa shape index (κ1) is 17.1. The summed E-state index contributed by atoms with van der Waals surface area (Å²) in [6.45, 7) is 1.22. The van der Waals surface area contributed by atoms with Crippen LogP contribution in [0.2, 0.25) is 5.02 Å². The summed E-state index contributed by atoms with van der Waals surface area (Å²) in [7, 11) is 1.32. The number of nitrogens with zero attached hydrogens (tertiary/aromatic N) is 1. The van der Waals surface area contributed by atoms with Gasteiger partial charge in [-0.15, -0.1) is 0 Å². The number of ether oxygens (including phenoxy) is 1. The van der Waals surface area contributed by atoms with Gasteiger partial charge in [-0.25, -0.2) is 0 Å². The van der Waals surface area contributed by atoms with Crippen LogP contribution >= 0.6 is 34.2 Å². The van der Waals surface area contributed by atoms with E-state index in [0.29, 0.717) is 14.7 Å². The molecule has 22 heavy (non-hydrogen) atoms. The van der Waals surface area contributed by atoms with Crippen molar-refractivity contribution in [3.8, 4) is 16.9 Å². The van der Waals surface area contributed by atoms with Gasteiger partial charge in [-0.2, -0.15) is 13.2 Å². The van der Waals surface area contributed by atoms with E-state index in [-0.39, 0.29) is 10.8 Å². The second-order valence-corrected chi connectivity index (χ2v) is 6.15. The molecular weight excluding hydrogens is 434 g/mol. The van der Waals surface area contributed by atoms with Gasteiger partial charge in [0.05, 0.1) is 5.02 Å². The van der Waals surface area contributed by atoms with Crippen LogP contribution in [0.3, 0.4) is 0 Å². The molecule has 0 unspecified atom stereocenters. The normalized spacial score (nSPS) is 11.6. The van der Waals surface area contributed by atoms with Gasteiger partial charge in [0.15, 0.2) is 0 Å². The molecule has 0 N–H and O–H groups in total. The van der Waals surface area contributed by atoms with E-state index in [2.05, 4.69) is 0 Å². The smallest absolute Gasteiger partial charge is 0.425 e. The highest BCUT2D eigenvalue weighted by Crippen LogP contribution is 2.38. The highest BCUT2D eigenvalue weighted by molar-refractivity contribution is 14.1. The average molecular weight is 444 g/mol. The third kappa shape index (κ3) is 3.57. The predicted octanol–water partition coefficient (Wildman–Crippen LogP) is 4.89. The fourth-order valence-corrected chi connectivity index (χ4v) is 3.14. The predicted molar refractivity (Wildman–Crippen MR) is 84.9 cm³/mol. The molecule has 0 atom stereocenters. The van der Waals surface area contributed by atoms with Crippen LogP contribution < -0.4 is 4.74 Å². The summed E-state index contributed by atoms with van der Waals surface area (Å²) in [5.74, 6) is -0.444. The SMILES string of the molecule is CC(=O)Oc1cc(-c2cc(C(F)(F)F)n(C)c2)c(I)cc1Cl. The third-order valence-electron chi connectivity index (χ3n) is 2.88. The summed E-state index contributed by atoms with van der Waals surface area (Å²) in [6, 6.07) is 4.04. The minimum atomic E-state index is -4.44. The van der Waals surface area contributed by atoms with Crippen LogP contribution in [0.1, 0.15) is 12.6 Å². The Balaban J connectivity index is 2.55. The molecule has 0 spiro atoms. The van der Waals surface area contributed by atoms with Crippen LogP contribution in [0.15, 0.2) is 24.4 Å². The summed E-state index contributed by atoms with van der Waals surface area (Å²) in [5.41, 5.74) is 0.110. The maximum absolute atomic E-state index is 12.9. The molecule has 0 saturated carbocycles. The number of rotatable bonds is 2. The number of alkyl halides is 3. The first-order valence-corrected chi connectivity index (χ1v) is 7.46. The zero-order chi connectivity index (χ0) is 16.7. The van der Waals surface area contributed by atoms with Gasteiger partial charge in [0, 0.05) is 34.9 Å². The largest absolute Gasteiger partial charge is 0.431 e. The molecule has 2 aromatic rings. The third-order valence-corrected chi connectivity index (χ3v) is 4.07. The number of hydrogen-bond donors (Lipinski definition) is 0. The Bertz CT molecular complexity index is 740. The lowest BCUT2D eigenvalue weighted by molar-refractivity contribution is -0.143. The van der Waals surface area contributed by atoms with Gasteiger partial charge in [0.25, 0.3) is 0 Å². The molecule has 1 heterocycles. The van der Waals surface area contributed by atoms with Crippen molar-refractivity contribution >= 4 is 40.2 Å². The number of aryl methyl sites for hydroxylation is 1. The van der Waals surface area contributed by atoms with E-state index in [9.17, 15) is 18.0 Å². The van der Waals surface area contributed by atoms with Crippen molar-refractivity contribution in [2.45, 2.75) is 13.1 Å². The van der Waals surface area contributed by atoms with E-state index >= 15 is 0 Å². The number of esters is 1. The minimum absolute atomic E-state index is 0.113. The summed E-state index contributed by atoms with van der Waals surface area (Å²) in [6.07, 6.45) is -3.07. The zero-order valence-electron chi connectivity index (χ0n) is 11.5. The van der Waals surface area contributed by atoms with Crippen molar-refractivity contribution in [2.24, 2.45) is 7.05 Å². The van der Waals surface area contributed by atoms with E-state index in [1.165, 1.54) is 32.3 Å². The molecule has 0 amide bonds. The Morgan fingerprint density at radius 1 is 1.32 bits per heavy atom. The fraction of sp³-hybridized carbons (Fsp3) is 0.214. The van der Waals surface area contributed by atoms with Crippen molar-refractivity contribution in [1.82, 2.24) is 4.57 Å². The van der Waals surface area contributed by atoms with E-state index in [1.54, 1.807) is 0 Å². The second-order valence-electron chi connectivity index (χ2n) is 4.58. The van der Waals surface area contributed by atoms with Crippen molar-refractivity contribution in [3.63, 3.8) is 0 Å². The summed E-state index contributed by atoms with van der Waals surface area (Å²) >= 11 is 7.94. The lowest BCUT2D eigenvalue weighted by Gasteiger charge is -2.09. The Hall–Kier alpha value is -1.22. The van der Waals surface area contributed by atoms with Crippen LogP contribution in [-0.4, -0.2) is 10.5 Å². The van der Waals surface area contributed by atoms with Crippen molar-refractivity contribution < 1.29 is 22.7 Å². The van der Waals surface area contributed by atoms with Crippen molar-refractivity contribution in [2.75, 3.05) is 0 Å². The molecule has 118 valence electrons. The molecule has 1 aromatic carbocycles. The van der Waals surface area contributed by atoms with Crippen molar-refractivity contribution in [1.29, 1.82) is 0 Å². The average Bonchev–Trinajstić information content (AvgIpc) is 2.74. The van der Waals surface area contributed by atoms with Crippen molar-refractivity contribution in [3.05, 3.63) is 38.7 Å². The van der Waals surface area contributed by atoms with Crippen LogP contribution in [-0.2, 0) is 18.0 Å². The van der Waals surface area contributed by atoms with Gasteiger partial charge >= 0.3 is 12.1 Å². The molecule has 0 bridgehead atoms. The molecular formula is C14H10ClF3INO2. The van der Waals surface area contributed by atoms with Gasteiger partial charge in [-0.3, -0.25) is 4.79 Å². The number of carbonyl (C=O) groups is 1. The Kier molecular flexibility index (Phi) is 4.76. The number of halogens is 5. The molecule has 0 fully saturated rings. The maximum Gasteiger partial charge on any atom is 0.431 e. The zero-order valence-corrected chi connectivity index (χ0v) is 14.4. The molecule has 2 rings (SSSR count). The quantitative estimate of drug-likeness (QED) is 0.376. The molecule has 8 heteroatoms. The minimum Gasteiger partial charge on any atom is -0.425 e. The lowest BCUT2D eigenvalue weighted by atomic mass is 10.1.